The van der Waals surface area contributed by atoms with Gasteiger partial charge in [0.25, 0.3) is 5.91 Å². The monoisotopic (exact) mass is 316 g/mol. The van der Waals surface area contributed by atoms with Crippen molar-refractivity contribution < 1.29 is 37.2 Å². The first kappa shape index (κ1) is 19.2. The Morgan fingerprint density at radius 3 is 2.38 bits per heavy atom. The average molecular weight is 317 g/mol. The molecular formula is C14H21ClN2O4. The Labute approximate surface area is 130 Å². The van der Waals surface area contributed by atoms with Crippen molar-refractivity contribution in [1.82, 2.24) is 5.32 Å². The van der Waals surface area contributed by atoms with Gasteiger partial charge < -0.3 is 32.9 Å². The summed E-state index contributed by atoms with van der Waals surface area (Å²) < 4.78 is 9.58. The van der Waals surface area contributed by atoms with Crippen LogP contribution in [0.4, 0.5) is 0 Å². The summed E-state index contributed by atoms with van der Waals surface area (Å²) in [6, 6.07) is 6.96. The van der Waals surface area contributed by atoms with Crippen LogP contribution in [0.3, 0.4) is 0 Å². The van der Waals surface area contributed by atoms with Crippen molar-refractivity contribution >= 4 is 11.9 Å². The minimum Gasteiger partial charge on any atom is -1.00 e. The normalized spacial score (nSPS) is 11.0. The van der Waals surface area contributed by atoms with Crippen molar-refractivity contribution in [1.29, 1.82) is 0 Å². The molecule has 4 N–H and O–H groups in total. The van der Waals surface area contributed by atoms with Crippen molar-refractivity contribution in [2.45, 2.75) is 25.4 Å². The van der Waals surface area contributed by atoms with Gasteiger partial charge in [-0.25, -0.2) is 0 Å². The highest BCUT2D eigenvalue weighted by molar-refractivity contribution is 5.80. The van der Waals surface area contributed by atoms with Crippen molar-refractivity contribution in [2.75, 3.05) is 14.2 Å². The zero-order chi connectivity index (χ0) is 15.0. The van der Waals surface area contributed by atoms with Gasteiger partial charge in [0.2, 0.25) is 0 Å². The lowest BCUT2D eigenvalue weighted by molar-refractivity contribution is -0.405. The van der Waals surface area contributed by atoms with Crippen LogP contribution >= 0.6 is 0 Å². The summed E-state index contributed by atoms with van der Waals surface area (Å²) in [7, 11) is 2.93. The predicted molar refractivity (Wildman–Crippen MR) is 72.8 cm³/mol. The number of halogens is 1. The molecule has 1 amide bonds. The molecule has 1 atom stereocenters. The van der Waals surface area contributed by atoms with Crippen LogP contribution in [0.25, 0.3) is 0 Å². The molecule has 0 radical (unpaired) electrons. The van der Waals surface area contributed by atoms with Crippen LogP contribution in [0, 0.1) is 0 Å². The first-order chi connectivity index (χ1) is 9.56. The van der Waals surface area contributed by atoms with Crippen molar-refractivity contribution in [3.8, 4) is 5.75 Å². The summed E-state index contributed by atoms with van der Waals surface area (Å²) >= 11 is 0. The predicted octanol–water partition coefficient (Wildman–Crippen LogP) is -3.12. The molecule has 7 heteroatoms. The largest absolute Gasteiger partial charge is 1.00 e. The fourth-order valence-corrected chi connectivity index (χ4v) is 1.60. The number of ether oxygens (including phenoxy) is 2. The first-order valence-corrected chi connectivity index (χ1v) is 6.37. The minimum absolute atomic E-state index is 0. The Kier molecular flexibility index (Phi) is 9.16. The van der Waals surface area contributed by atoms with Crippen LogP contribution < -0.4 is 28.2 Å². The number of amides is 1. The van der Waals surface area contributed by atoms with Gasteiger partial charge in [-0.05, 0) is 17.7 Å². The van der Waals surface area contributed by atoms with E-state index in [1.54, 1.807) is 7.11 Å². The highest BCUT2D eigenvalue weighted by Gasteiger charge is 2.18. The third-order valence-corrected chi connectivity index (χ3v) is 2.92. The SMILES string of the molecule is COC(=O)CC[C@H]([NH3+])C(=O)NCc1ccc(OC)cc1.[Cl-]. The number of rotatable bonds is 7. The maximum atomic E-state index is 11.8. The molecule has 0 aliphatic rings. The number of carbonyl (C=O) groups is 2. The molecule has 0 heterocycles. The molecule has 118 valence electrons. The Morgan fingerprint density at radius 2 is 1.86 bits per heavy atom. The van der Waals surface area contributed by atoms with Crippen molar-refractivity contribution in [3.63, 3.8) is 0 Å². The summed E-state index contributed by atoms with van der Waals surface area (Å²) in [5, 5.41) is 2.78. The first-order valence-electron chi connectivity index (χ1n) is 6.37. The van der Waals surface area contributed by atoms with E-state index in [1.165, 1.54) is 7.11 Å². The van der Waals surface area contributed by atoms with Gasteiger partial charge in [-0.3, -0.25) is 9.59 Å². The Morgan fingerprint density at radius 1 is 1.24 bits per heavy atom. The summed E-state index contributed by atoms with van der Waals surface area (Å²) in [5.41, 5.74) is 4.72. The molecule has 1 aromatic carbocycles. The Bertz CT molecular complexity index is 451. The highest BCUT2D eigenvalue weighted by atomic mass is 35.5. The highest BCUT2D eigenvalue weighted by Crippen LogP contribution is 2.10. The van der Waals surface area contributed by atoms with Gasteiger partial charge in [-0.2, -0.15) is 0 Å². The van der Waals surface area contributed by atoms with Crippen LogP contribution in [0.1, 0.15) is 18.4 Å². The Balaban J connectivity index is 0.00000400. The zero-order valence-electron chi connectivity index (χ0n) is 12.2. The number of esters is 1. The summed E-state index contributed by atoms with van der Waals surface area (Å²) in [6.45, 7) is 0.424. The van der Waals surface area contributed by atoms with Gasteiger partial charge in [0.15, 0.2) is 6.04 Å². The van der Waals surface area contributed by atoms with Crippen LogP contribution in [-0.4, -0.2) is 32.1 Å². The molecule has 0 spiro atoms. The maximum absolute atomic E-state index is 11.8. The van der Waals surface area contributed by atoms with E-state index >= 15 is 0 Å². The van der Waals surface area contributed by atoms with Gasteiger partial charge in [-0.1, -0.05) is 12.1 Å². The van der Waals surface area contributed by atoms with Crippen molar-refractivity contribution in [3.05, 3.63) is 29.8 Å². The molecule has 21 heavy (non-hydrogen) atoms. The van der Waals surface area contributed by atoms with Gasteiger partial charge in [0.1, 0.15) is 5.75 Å². The molecule has 1 rings (SSSR count). The van der Waals surface area contributed by atoms with E-state index in [-0.39, 0.29) is 30.7 Å². The molecule has 0 unspecified atom stereocenters. The number of nitrogens with one attached hydrogen (secondary N) is 1. The average Bonchev–Trinajstić information content (AvgIpc) is 2.50. The number of quaternary nitrogens is 1. The smallest absolute Gasteiger partial charge is 0.305 e. The second kappa shape index (κ2) is 10.0. The van der Waals surface area contributed by atoms with Gasteiger partial charge in [0, 0.05) is 13.0 Å². The Hall–Kier alpha value is -1.79. The fourth-order valence-electron chi connectivity index (χ4n) is 1.60. The number of carbonyl (C=O) groups excluding carboxylic acids is 2. The third-order valence-electron chi connectivity index (χ3n) is 2.92. The van der Waals surface area contributed by atoms with E-state index in [9.17, 15) is 9.59 Å². The molecule has 0 fully saturated rings. The quantitative estimate of drug-likeness (QED) is 0.521. The number of benzene rings is 1. The minimum atomic E-state index is -0.465. The van der Waals surface area contributed by atoms with E-state index in [1.807, 2.05) is 24.3 Å². The topological polar surface area (TPSA) is 92.3 Å². The lowest BCUT2D eigenvalue weighted by Crippen LogP contribution is -3.00. The van der Waals surface area contributed by atoms with Gasteiger partial charge in [-0.15, -0.1) is 0 Å². The number of hydrogen-bond donors (Lipinski definition) is 2. The number of methoxy groups -OCH3 is 2. The standard InChI is InChI=1S/C14H20N2O4.ClH/c1-19-11-5-3-10(4-6-11)9-16-14(18)12(15)7-8-13(17)20-2;/h3-6,12H,7-9,15H2,1-2H3,(H,16,18);1H/t12-;/m0./s1. The van der Waals surface area contributed by atoms with Crippen LogP contribution in [0.5, 0.6) is 5.75 Å². The second-order valence-electron chi connectivity index (χ2n) is 4.38. The summed E-state index contributed by atoms with van der Waals surface area (Å²) in [4.78, 5) is 22.8. The lowest BCUT2D eigenvalue weighted by atomic mass is 10.1. The van der Waals surface area contributed by atoms with E-state index in [2.05, 4.69) is 15.8 Å². The van der Waals surface area contributed by atoms with Gasteiger partial charge in [0.05, 0.1) is 20.6 Å². The van der Waals surface area contributed by atoms with E-state index in [0.29, 0.717) is 13.0 Å². The molecule has 1 aromatic rings. The number of hydrogen-bond acceptors (Lipinski definition) is 4. The molecule has 6 nitrogen and oxygen atoms in total. The maximum Gasteiger partial charge on any atom is 0.305 e. The van der Waals surface area contributed by atoms with E-state index < -0.39 is 6.04 Å². The van der Waals surface area contributed by atoms with Crippen LogP contribution in [0.2, 0.25) is 0 Å². The second-order valence-corrected chi connectivity index (χ2v) is 4.38. The van der Waals surface area contributed by atoms with Crippen LogP contribution in [-0.2, 0) is 20.9 Å². The third kappa shape index (κ3) is 6.97. The van der Waals surface area contributed by atoms with E-state index in [4.69, 9.17) is 4.74 Å². The molecular weight excluding hydrogens is 296 g/mol. The molecule has 0 saturated heterocycles. The van der Waals surface area contributed by atoms with Crippen LogP contribution in [0.15, 0.2) is 24.3 Å². The van der Waals surface area contributed by atoms with Gasteiger partial charge >= 0.3 is 5.97 Å². The summed E-state index contributed by atoms with van der Waals surface area (Å²) in [5.74, 6) is 0.263. The zero-order valence-corrected chi connectivity index (χ0v) is 13.0. The van der Waals surface area contributed by atoms with E-state index in [0.717, 1.165) is 11.3 Å². The lowest BCUT2D eigenvalue weighted by Gasteiger charge is -2.09. The molecule has 0 aliphatic heterocycles. The summed E-state index contributed by atoms with van der Waals surface area (Å²) in [6.07, 6.45) is 0.571. The molecule has 0 aliphatic carbocycles. The van der Waals surface area contributed by atoms with Crippen molar-refractivity contribution in [2.24, 2.45) is 0 Å². The molecule has 0 bridgehead atoms. The molecule has 0 aromatic heterocycles. The molecule has 0 saturated carbocycles. The fraction of sp³-hybridized carbons (Fsp3) is 0.429.